The molecule has 1 saturated heterocycles. The first-order valence-corrected chi connectivity index (χ1v) is 10.1. The standard InChI is InChI=1S/C20H40O/c1-2-4-6-8-10-12-14-16-18-20-21-19-17-15-13-11-9-7-5-3-1/h1-20H2. The lowest BCUT2D eigenvalue weighted by Gasteiger charge is -2.05. The zero-order valence-corrected chi connectivity index (χ0v) is 14.6. The van der Waals surface area contributed by atoms with Crippen molar-refractivity contribution in [2.24, 2.45) is 0 Å². The zero-order valence-electron chi connectivity index (χ0n) is 14.6. The fourth-order valence-electron chi connectivity index (χ4n) is 3.34. The molecule has 1 fully saturated rings. The third-order valence-electron chi connectivity index (χ3n) is 4.83. The maximum absolute atomic E-state index is 5.73. The molecule has 126 valence electrons. The summed E-state index contributed by atoms with van der Waals surface area (Å²) in [7, 11) is 0. The summed E-state index contributed by atoms with van der Waals surface area (Å²) in [5, 5.41) is 0. The van der Waals surface area contributed by atoms with Crippen LogP contribution in [0.5, 0.6) is 0 Å². The van der Waals surface area contributed by atoms with Crippen LogP contribution >= 0.6 is 0 Å². The van der Waals surface area contributed by atoms with Crippen molar-refractivity contribution in [3.63, 3.8) is 0 Å². The Morgan fingerprint density at radius 2 is 0.429 bits per heavy atom. The van der Waals surface area contributed by atoms with Crippen molar-refractivity contribution in [3.05, 3.63) is 0 Å². The number of ether oxygens (including phenoxy) is 1. The third kappa shape index (κ3) is 14.7. The van der Waals surface area contributed by atoms with Crippen LogP contribution in [0.3, 0.4) is 0 Å². The van der Waals surface area contributed by atoms with Crippen molar-refractivity contribution >= 4 is 0 Å². The first-order chi connectivity index (χ1) is 10.5. The Bertz CT molecular complexity index is 98.0. The van der Waals surface area contributed by atoms with Crippen molar-refractivity contribution < 1.29 is 4.74 Å². The summed E-state index contributed by atoms with van der Waals surface area (Å²) in [6, 6.07) is 0. The Labute approximate surface area is 134 Å². The van der Waals surface area contributed by atoms with Gasteiger partial charge in [-0.3, -0.25) is 0 Å². The molecule has 1 heteroatoms. The highest BCUT2D eigenvalue weighted by molar-refractivity contribution is 4.51. The molecule has 0 saturated carbocycles. The smallest absolute Gasteiger partial charge is 0.0466 e. The second-order valence-corrected chi connectivity index (χ2v) is 6.98. The van der Waals surface area contributed by atoms with Gasteiger partial charge < -0.3 is 4.74 Å². The molecule has 0 aromatic rings. The molecule has 0 N–H and O–H groups in total. The molecule has 1 rings (SSSR count). The van der Waals surface area contributed by atoms with Gasteiger partial charge in [-0.15, -0.1) is 0 Å². The van der Waals surface area contributed by atoms with Crippen LogP contribution in [-0.4, -0.2) is 13.2 Å². The van der Waals surface area contributed by atoms with E-state index < -0.39 is 0 Å². The van der Waals surface area contributed by atoms with E-state index in [0.717, 1.165) is 13.2 Å². The summed E-state index contributed by atoms with van der Waals surface area (Å²) in [4.78, 5) is 0. The van der Waals surface area contributed by atoms with Gasteiger partial charge in [-0.2, -0.15) is 0 Å². The van der Waals surface area contributed by atoms with Gasteiger partial charge in [0.2, 0.25) is 0 Å². The summed E-state index contributed by atoms with van der Waals surface area (Å²) in [5.41, 5.74) is 0. The molecule has 0 amide bonds. The van der Waals surface area contributed by atoms with Gasteiger partial charge in [0.25, 0.3) is 0 Å². The van der Waals surface area contributed by atoms with Gasteiger partial charge in [-0.25, -0.2) is 0 Å². The van der Waals surface area contributed by atoms with E-state index in [1.165, 1.54) is 116 Å². The molecular weight excluding hydrogens is 256 g/mol. The molecule has 1 aliphatic heterocycles. The van der Waals surface area contributed by atoms with Gasteiger partial charge in [0.1, 0.15) is 0 Å². The lowest BCUT2D eigenvalue weighted by molar-refractivity contribution is 0.125. The Morgan fingerprint density at radius 3 is 0.667 bits per heavy atom. The van der Waals surface area contributed by atoms with Crippen molar-refractivity contribution in [2.75, 3.05) is 13.2 Å². The highest BCUT2D eigenvalue weighted by Gasteiger charge is 1.96. The van der Waals surface area contributed by atoms with Crippen LogP contribution in [0.2, 0.25) is 0 Å². The van der Waals surface area contributed by atoms with Gasteiger partial charge >= 0.3 is 0 Å². The molecule has 0 bridgehead atoms. The zero-order chi connectivity index (χ0) is 14.8. The lowest BCUT2D eigenvalue weighted by atomic mass is 10.0. The normalized spacial score (nSPS) is 24.0. The molecule has 0 aromatic heterocycles. The minimum absolute atomic E-state index is 1.00. The molecule has 0 atom stereocenters. The van der Waals surface area contributed by atoms with Crippen molar-refractivity contribution in [1.29, 1.82) is 0 Å². The predicted molar refractivity (Wildman–Crippen MR) is 93.9 cm³/mol. The second kappa shape index (κ2) is 16.3. The fraction of sp³-hybridized carbons (Fsp3) is 1.00. The quantitative estimate of drug-likeness (QED) is 0.466. The fourth-order valence-corrected chi connectivity index (χ4v) is 3.34. The molecular formula is C20H40O. The number of rotatable bonds is 0. The Balaban J connectivity index is 2.00. The van der Waals surface area contributed by atoms with E-state index in [4.69, 9.17) is 4.74 Å². The van der Waals surface area contributed by atoms with Crippen LogP contribution < -0.4 is 0 Å². The molecule has 21 heavy (non-hydrogen) atoms. The van der Waals surface area contributed by atoms with E-state index >= 15 is 0 Å². The first kappa shape index (κ1) is 19.0. The van der Waals surface area contributed by atoms with Crippen LogP contribution in [-0.2, 0) is 4.74 Å². The van der Waals surface area contributed by atoms with Crippen LogP contribution in [0, 0.1) is 0 Å². The summed E-state index contributed by atoms with van der Waals surface area (Å²) in [5.74, 6) is 0. The summed E-state index contributed by atoms with van der Waals surface area (Å²) >= 11 is 0. The highest BCUT2D eigenvalue weighted by Crippen LogP contribution is 2.14. The van der Waals surface area contributed by atoms with Gasteiger partial charge in [-0.1, -0.05) is 103 Å². The summed E-state index contributed by atoms with van der Waals surface area (Å²) < 4.78 is 5.73. The number of hydrogen-bond acceptors (Lipinski definition) is 1. The maximum atomic E-state index is 5.73. The summed E-state index contributed by atoms with van der Waals surface area (Å²) in [6.45, 7) is 2.00. The molecule has 0 aromatic carbocycles. The molecule has 1 heterocycles. The average molecular weight is 297 g/mol. The van der Waals surface area contributed by atoms with Gasteiger partial charge in [0, 0.05) is 13.2 Å². The van der Waals surface area contributed by atoms with E-state index in [1.54, 1.807) is 0 Å². The number of hydrogen-bond donors (Lipinski definition) is 0. The van der Waals surface area contributed by atoms with E-state index in [9.17, 15) is 0 Å². The average Bonchev–Trinajstić information content (AvgIpc) is 2.50. The highest BCUT2D eigenvalue weighted by atomic mass is 16.5. The first-order valence-electron chi connectivity index (χ1n) is 10.1. The maximum Gasteiger partial charge on any atom is 0.0466 e. The largest absolute Gasteiger partial charge is 0.381 e. The molecule has 1 nitrogen and oxygen atoms in total. The van der Waals surface area contributed by atoms with Gasteiger partial charge in [-0.05, 0) is 12.8 Å². The third-order valence-corrected chi connectivity index (χ3v) is 4.83. The van der Waals surface area contributed by atoms with Crippen molar-refractivity contribution in [2.45, 2.75) is 116 Å². The van der Waals surface area contributed by atoms with E-state index in [2.05, 4.69) is 0 Å². The van der Waals surface area contributed by atoms with Crippen LogP contribution in [0.1, 0.15) is 116 Å². The molecule has 1 aliphatic rings. The Morgan fingerprint density at radius 1 is 0.238 bits per heavy atom. The SMILES string of the molecule is C1CCCCCCCCCCOCCCCCCCCC1. The molecule has 0 spiro atoms. The van der Waals surface area contributed by atoms with Crippen LogP contribution in [0.4, 0.5) is 0 Å². The van der Waals surface area contributed by atoms with Gasteiger partial charge in [0.05, 0.1) is 0 Å². The topological polar surface area (TPSA) is 9.23 Å². The van der Waals surface area contributed by atoms with Crippen molar-refractivity contribution in [3.8, 4) is 0 Å². The molecule has 0 radical (unpaired) electrons. The Hall–Kier alpha value is -0.0400. The van der Waals surface area contributed by atoms with Crippen LogP contribution in [0.25, 0.3) is 0 Å². The predicted octanol–water partition coefficient (Wildman–Crippen LogP) is 7.04. The molecule has 0 unspecified atom stereocenters. The lowest BCUT2D eigenvalue weighted by Crippen LogP contribution is -1.97. The van der Waals surface area contributed by atoms with Crippen molar-refractivity contribution in [1.82, 2.24) is 0 Å². The van der Waals surface area contributed by atoms with Gasteiger partial charge in [0.15, 0.2) is 0 Å². The summed E-state index contributed by atoms with van der Waals surface area (Å²) in [6.07, 6.45) is 25.8. The monoisotopic (exact) mass is 296 g/mol. The van der Waals surface area contributed by atoms with E-state index in [0.29, 0.717) is 0 Å². The van der Waals surface area contributed by atoms with E-state index in [-0.39, 0.29) is 0 Å². The molecule has 0 aliphatic carbocycles. The van der Waals surface area contributed by atoms with Crippen LogP contribution in [0.15, 0.2) is 0 Å². The minimum Gasteiger partial charge on any atom is -0.381 e. The minimum atomic E-state index is 1.00. The second-order valence-electron chi connectivity index (χ2n) is 6.98. The van der Waals surface area contributed by atoms with E-state index in [1.807, 2.05) is 0 Å². The Kier molecular flexibility index (Phi) is 14.8.